The van der Waals surface area contributed by atoms with Crippen LogP contribution in [0.5, 0.6) is 0 Å². The van der Waals surface area contributed by atoms with E-state index in [9.17, 15) is 0 Å². The van der Waals surface area contributed by atoms with Crippen LogP contribution < -0.4 is 10.6 Å². The van der Waals surface area contributed by atoms with Crippen LogP contribution in [0.3, 0.4) is 0 Å². The van der Waals surface area contributed by atoms with Crippen molar-refractivity contribution >= 4 is 0 Å². The predicted octanol–water partition coefficient (Wildman–Crippen LogP) is 6.27. The SMILES string of the molecule is C=C(NC1CCCCC1)C1(C2=CC(C(C)C)=C(CNCCN3CCCC3)C=C=C2C)CCC1. The van der Waals surface area contributed by atoms with E-state index in [1.165, 1.54) is 112 Å². The minimum Gasteiger partial charge on any atom is -0.385 e. The van der Waals surface area contributed by atoms with Crippen molar-refractivity contribution < 1.29 is 0 Å². The van der Waals surface area contributed by atoms with Gasteiger partial charge in [0.25, 0.3) is 0 Å². The highest BCUT2D eigenvalue weighted by Crippen LogP contribution is 2.54. The van der Waals surface area contributed by atoms with Gasteiger partial charge in [0.05, 0.1) is 0 Å². The molecule has 0 radical (unpaired) electrons. The van der Waals surface area contributed by atoms with Crippen molar-refractivity contribution in [2.45, 2.75) is 91.0 Å². The van der Waals surface area contributed by atoms with Crippen molar-refractivity contribution in [1.29, 1.82) is 0 Å². The Hall–Kier alpha value is -1.54. The number of nitrogens with one attached hydrogen (secondary N) is 2. The number of allylic oxidation sites excluding steroid dienone is 3. The molecule has 33 heavy (non-hydrogen) atoms. The number of likely N-dealkylation sites (tertiary alicyclic amines) is 1. The summed E-state index contributed by atoms with van der Waals surface area (Å²) < 4.78 is 0. The Balaban J connectivity index is 1.50. The molecule has 4 rings (SSSR count). The molecular formula is C30H47N3. The standard InChI is InChI=1S/C30H47N3/c1-23(2)28-21-29(30(15-10-16-30)25(4)32-27-11-6-5-7-12-27)24(3)13-14-26(28)22-31-17-20-33-18-8-9-19-33/h14,21,23,27,31-32H,4-12,15-20,22H2,1-3H3. The summed E-state index contributed by atoms with van der Waals surface area (Å²) in [6.07, 6.45) is 18.0. The van der Waals surface area contributed by atoms with Crippen LogP contribution in [-0.2, 0) is 0 Å². The first kappa shape index (κ1) is 24.6. The Bertz CT molecular complexity index is 821. The smallest absolute Gasteiger partial charge is 0.0353 e. The first-order chi connectivity index (χ1) is 16.0. The van der Waals surface area contributed by atoms with Crippen LogP contribution in [0, 0.1) is 11.3 Å². The zero-order chi connectivity index (χ0) is 23.3. The van der Waals surface area contributed by atoms with Crippen LogP contribution in [0.1, 0.15) is 85.0 Å². The molecule has 182 valence electrons. The van der Waals surface area contributed by atoms with E-state index in [1.54, 1.807) is 0 Å². The van der Waals surface area contributed by atoms with Gasteiger partial charge in [0.1, 0.15) is 0 Å². The third-order valence-electron chi connectivity index (χ3n) is 8.56. The molecule has 0 bridgehead atoms. The molecule has 2 N–H and O–H groups in total. The molecule has 1 saturated heterocycles. The van der Waals surface area contributed by atoms with E-state index in [0.29, 0.717) is 12.0 Å². The first-order valence-electron chi connectivity index (χ1n) is 13.8. The van der Waals surface area contributed by atoms with E-state index in [-0.39, 0.29) is 5.41 Å². The van der Waals surface area contributed by atoms with Crippen LogP contribution in [0.2, 0.25) is 0 Å². The van der Waals surface area contributed by atoms with E-state index < -0.39 is 0 Å². The van der Waals surface area contributed by atoms with Crippen molar-refractivity contribution in [3.63, 3.8) is 0 Å². The van der Waals surface area contributed by atoms with Crippen molar-refractivity contribution in [1.82, 2.24) is 15.5 Å². The molecule has 0 aromatic carbocycles. The van der Waals surface area contributed by atoms with E-state index in [1.807, 2.05) is 0 Å². The second-order valence-electron chi connectivity index (χ2n) is 11.2. The number of nitrogens with zero attached hydrogens (tertiary/aromatic N) is 1. The summed E-state index contributed by atoms with van der Waals surface area (Å²) in [5.74, 6) is 0.496. The second kappa shape index (κ2) is 11.3. The summed E-state index contributed by atoms with van der Waals surface area (Å²) in [5, 5.41) is 7.63. The van der Waals surface area contributed by atoms with Gasteiger partial charge in [-0.1, -0.05) is 52.2 Å². The molecule has 0 unspecified atom stereocenters. The third-order valence-corrected chi connectivity index (χ3v) is 8.56. The van der Waals surface area contributed by atoms with Gasteiger partial charge in [0.2, 0.25) is 0 Å². The van der Waals surface area contributed by atoms with Crippen molar-refractivity contribution in [3.8, 4) is 0 Å². The lowest BCUT2D eigenvalue weighted by molar-refractivity contribution is 0.217. The van der Waals surface area contributed by atoms with Crippen LogP contribution in [-0.4, -0.2) is 43.7 Å². The molecule has 0 atom stereocenters. The lowest BCUT2D eigenvalue weighted by Gasteiger charge is -2.47. The Morgan fingerprint density at radius 2 is 1.85 bits per heavy atom. The quantitative estimate of drug-likeness (QED) is 0.304. The minimum atomic E-state index is 0.0845. The molecule has 1 heterocycles. The van der Waals surface area contributed by atoms with Gasteiger partial charge in [-0.3, -0.25) is 0 Å². The van der Waals surface area contributed by atoms with Crippen molar-refractivity contribution in [2.75, 3.05) is 32.7 Å². The maximum Gasteiger partial charge on any atom is 0.0353 e. The van der Waals surface area contributed by atoms with Crippen LogP contribution in [0.4, 0.5) is 0 Å². The van der Waals surface area contributed by atoms with Gasteiger partial charge in [-0.15, -0.1) is 5.73 Å². The highest BCUT2D eigenvalue weighted by atomic mass is 15.1. The van der Waals surface area contributed by atoms with Gasteiger partial charge < -0.3 is 15.5 Å². The Morgan fingerprint density at radius 3 is 2.48 bits per heavy atom. The topological polar surface area (TPSA) is 27.3 Å². The molecule has 1 aliphatic heterocycles. The fraction of sp³-hybridized carbons (Fsp3) is 0.700. The van der Waals surface area contributed by atoms with Crippen molar-refractivity contribution in [2.24, 2.45) is 11.3 Å². The summed E-state index contributed by atoms with van der Waals surface area (Å²) >= 11 is 0. The lowest BCUT2D eigenvalue weighted by Crippen LogP contribution is -2.43. The lowest BCUT2D eigenvalue weighted by atomic mass is 9.60. The second-order valence-corrected chi connectivity index (χ2v) is 11.2. The number of hydrogen-bond acceptors (Lipinski definition) is 3. The summed E-state index contributed by atoms with van der Waals surface area (Å²) in [4.78, 5) is 2.58. The molecule has 3 fully saturated rings. The fourth-order valence-electron chi connectivity index (χ4n) is 6.26. The molecule has 0 aromatic heterocycles. The fourth-order valence-corrected chi connectivity index (χ4v) is 6.26. The molecule has 2 saturated carbocycles. The molecule has 4 aliphatic rings. The van der Waals surface area contributed by atoms with Gasteiger partial charge >= 0.3 is 0 Å². The number of rotatable bonds is 10. The van der Waals surface area contributed by atoms with Gasteiger partial charge in [0, 0.05) is 36.8 Å². The molecule has 3 heteroatoms. The minimum absolute atomic E-state index is 0.0845. The maximum absolute atomic E-state index is 4.63. The highest BCUT2D eigenvalue weighted by Gasteiger charge is 2.44. The van der Waals surface area contributed by atoms with Crippen LogP contribution in [0.25, 0.3) is 0 Å². The molecule has 0 spiro atoms. The monoisotopic (exact) mass is 449 g/mol. The molecule has 0 aromatic rings. The van der Waals surface area contributed by atoms with Gasteiger partial charge in [-0.2, -0.15) is 0 Å². The first-order valence-corrected chi connectivity index (χ1v) is 13.8. The largest absolute Gasteiger partial charge is 0.385 e. The highest BCUT2D eigenvalue weighted by molar-refractivity contribution is 5.52. The van der Waals surface area contributed by atoms with Gasteiger partial charge in [0.15, 0.2) is 0 Å². The van der Waals surface area contributed by atoms with E-state index in [2.05, 4.69) is 60.8 Å². The zero-order valence-electron chi connectivity index (χ0n) is 21.6. The molecule has 0 amide bonds. The Labute approximate surface area is 203 Å². The molecule has 3 nitrogen and oxygen atoms in total. The third kappa shape index (κ3) is 5.76. The normalized spacial score (nSPS) is 23.9. The average molecular weight is 450 g/mol. The summed E-state index contributed by atoms with van der Waals surface area (Å²) in [6.45, 7) is 17.3. The maximum atomic E-state index is 4.63. The molecule has 3 aliphatic carbocycles. The van der Waals surface area contributed by atoms with E-state index >= 15 is 0 Å². The van der Waals surface area contributed by atoms with E-state index in [0.717, 1.165) is 13.1 Å². The zero-order valence-corrected chi connectivity index (χ0v) is 21.6. The van der Waals surface area contributed by atoms with Crippen molar-refractivity contribution in [3.05, 3.63) is 52.5 Å². The Morgan fingerprint density at radius 1 is 1.12 bits per heavy atom. The van der Waals surface area contributed by atoms with E-state index in [4.69, 9.17) is 0 Å². The summed E-state index contributed by atoms with van der Waals surface area (Å²) in [7, 11) is 0. The Kier molecular flexibility index (Phi) is 8.38. The van der Waals surface area contributed by atoms with Gasteiger partial charge in [-0.25, -0.2) is 0 Å². The average Bonchev–Trinajstić information content (AvgIpc) is 3.23. The van der Waals surface area contributed by atoms with Gasteiger partial charge in [-0.05, 0) is 92.8 Å². The van der Waals surface area contributed by atoms with Crippen LogP contribution >= 0.6 is 0 Å². The number of hydrogen-bond donors (Lipinski definition) is 2. The summed E-state index contributed by atoms with van der Waals surface area (Å²) in [6, 6.07) is 0.616. The molecular weight excluding hydrogens is 402 g/mol. The predicted molar refractivity (Wildman–Crippen MR) is 141 cm³/mol. The van der Waals surface area contributed by atoms with Crippen LogP contribution in [0.15, 0.2) is 52.5 Å². The summed E-state index contributed by atoms with van der Waals surface area (Å²) in [5.41, 5.74) is 10.7.